The van der Waals surface area contributed by atoms with Gasteiger partial charge in [0.05, 0.1) is 6.61 Å². The number of unbranched alkanes of at least 4 members (excludes halogenated alkanes) is 19. The molecule has 0 amide bonds. The fourth-order valence-electron chi connectivity index (χ4n) is 6.65. The summed E-state index contributed by atoms with van der Waals surface area (Å²) in [6.45, 7) is 3.14. The minimum atomic E-state index is -5.12. The quantitative estimate of drug-likeness (QED) is 0.0152. The Bertz CT molecular complexity index is 1220. The second-order valence-electron chi connectivity index (χ2n) is 15.6. The first-order valence-corrected chi connectivity index (χ1v) is 24.0. The topological polar surface area (TPSA) is 210 Å². The average Bonchev–Trinajstić information content (AvgIpc) is 3.21. The van der Waals surface area contributed by atoms with E-state index in [1.54, 1.807) is 0 Å². The van der Waals surface area contributed by atoms with E-state index in [1.165, 1.54) is 64.2 Å². The molecule has 59 heavy (non-hydrogen) atoms. The van der Waals surface area contributed by atoms with Crippen LogP contribution in [-0.2, 0) is 32.7 Å². The smallest absolute Gasteiger partial charge is 0.462 e. The van der Waals surface area contributed by atoms with Crippen LogP contribution in [0, 0.1) is 0 Å². The average molecular weight is 859 g/mol. The number of carbonyl (C=O) groups excluding carboxylic acids is 2. The monoisotopic (exact) mass is 859 g/mol. The number of phosphoric acid groups is 1. The fourth-order valence-corrected chi connectivity index (χ4v) is 7.62. The van der Waals surface area contributed by atoms with Crippen LogP contribution >= 0.6 is 7.82 Å². The molecule has 14 heteroatoms. The molecule has 8 atom stereocenters. The van der Waals surface area contributed by atoms with E-state index in [-0.39, 0.29) is 12.8 Å². The molecule has 6 N–H and O–H groups in total. The zero-order valence-corrected chi connectivity index (χ0v) is 36.9. The molecule has 1 fully saturated rings. The molecule has 0 radical (unpaired) electrons. The van der Waals surface area contributed by atoms with E-state index in [4.69, 9.17) is 18.5 Å². The second-order valence-corrected chi connectivity index (χ2v) is 17.0. The molecule has 1 saturated carbocycles. The van der Waals surface area contributed by atoms with Crippen molar-refractivity contribution in [1.82, 2.24) is 0 Å². The maximum absolute atomic E-state index is 12.8. The van der Waals surface area contributed by atoms with Gasteiger partial charge < -0.3 is 39.9 Å². The highest BCUT2D eigenvalue weighted by molar-refractivity contribution is 7.47. The van der Waals surface area contributed by atoms with E-state index in [1.807, 2.05) is 36.5 Å². The van der Waals surface area contributed by atoms with Crippen LogP contribution in [0.1, 0.15) is 168 Å². The Morgan fingerprint density at radius 1 is 0.542 bits per heavy atom. The number of rotatable bonds is 36. The zero-order chi connectivity index (χ0) is 43.6. The largest absolute Gasteiger partial charge is 0.472 e. The summed E-state index contributed by atoms with van der Waals surface area (Å²) in [5.74, 6) is -1.13. The number of allylic oxidation sites excluding steroid dienone is 8. The lowest BCUT2D eigenvalue weighted by Gasteiger charge is -2.41. The molecule has 0 aromatic heterocycles. The highest BCUT2D eigenvalue weighted by Gasteiger charge is 2.51. The second kappa shape index (κ2) is 35.4. The molecule has 0 heterocycles. The number of carbonyl (C=O) groups is 2. The highest BCUT2D eigenvalue weighted by Crippen LogP contribution is 2.47. The zero-order valence-electron chi connectivity index (χ0n) is 36.0. The Morgan fingerprint density at radius 3 is 1.47 bits per heavy atom. The summed E-state index contributed by atoms with van der Waals surface area (Å²) >= 11 is 0. The van der Waals surface area contributed by atoms with E-state index in [0.717, 1.165) is 64.2 Å². The Kier molecular flexibility index (Phi) is 32.9. The number of phosphoric ester groups is 1. The van der Waals surface area contributed by atoms with Crippen molar-refractivity contribution in [2.75, 3.05) is 13.2 Å². The molecule has 1 aliphatic rings. The van der Waals surface area contributed by atoms with E-state index in [2.05, 4.69) is 26.0 Å². The van der Waals surface area contributed by atoms with Crippen LogP contribution < -0.4 is 0 Å². The number of hydrogen-bond acceptors (Lipinski definition) is 12. The summed E-state index contributed by atoms with van der Waals surface area (Å²) in [5, 5.41) is 50.1. The van der Waals surface area contributed by atoms with Gasteiger partial charge in [-0.2, -0.15) is 0 Å². The molecule has 0 saturated heterocycles. The van der Waals surface area contributed by atoms with Crippen molar-refractivity contribution in [2.45, 2.75) is 211 Å². The molecular formula is C45H79O13P. The molecule has 0 aliphatic heterocycles. The van der Waals surface area contributed by atoms with Crippen molar-refractivity contribution in [1.29, 1.82) is 0 Å². The first-order chi connectivity index (χ1) is 28.4. The van der Waals surface area contributed by atoms with Gasteiger partial charge in [-0.15, -0.1) is 0 Å². The van der Waals surface area contributed by atoms with E-state index in [0.29, 0.717) is 12.8 Å². The third-order valence-electron chi connectivity index (χ3n) is 10.3. The lowest BCUT2D eigenvalue weighted by Crippen LogP contribution is -2.64. The minimum absolute atomic E-state index is 0.0926. The van der Waals surface area contributed by atoms with Gasteiger partial charge in [-0.05, 0) is 32.1 Å². The SMILES string of the molecule is CC/C=C/C=C/C=C/C=C/CCCCCCCC(=O)OC[C@H](COP(=O)(O)OC1C(O)C(O)C(O)[C@@H](O)C1O)OC(=O)CCCCCCCCCCCCCCCCC. The van der Waals surface area contributed by atoms with Gasteiger partial charge in [-0.25, -0.2) is 4.57 Å². The third-order valence-corrected chi connectivity index (χ3v) is 11.3. The Labute approximate surface area is 354 Å². The van der Waals surface area contributed by atoms with Crippen molar-refractivity contribution >= 4 is 19.8 Å². The molecule has 0 spiro atoms. The molecule has 0 aromatic rings. The number of aliphatic hydroxyl groups is 5. The Morgan fingerprint density at radius 2 is 0.966 bits per heavy atom. The van der Waals surface area contributed by atoms with Crippen LogP contribution in [0.3, 0.4) is 0 Å². The summed E-state index contributed by atoms with van der Waals surface area (Å²) in [6, 6.07) is 0. The molecule has 0 bridgehead atoms. The molecule has 1 rings (SSSR count). The van der Waals surface area contributed by atoms with Gasteiger partial charge in [0.1, 0.15) is 43.2 Å². The predicted molar refractivity (Wildman–Crippen MR) is 230 cm³/mol. The van der Waals surface area contributed by atoms with E-state index < -0.39 is 75.7 Å². The number of ether oxygens (including phenoxy) is 2. The summed E-state index contributed by atoms with van der Waals surface area (Å²) in [5.41, 5.74) is 0. The number of hydrogen-bond donors (Lipinski definition) is 6. The normalized spacial score (nSPS) is 22.8. The predicted octanol–water partition coefficient (Wildman–Crippen LogP) is 8.39. The van der Waals surface area contributed by atoms with Crippen LogP contribution in [0.25, 0.3) is 0 Å². The molecular weight excluding hydrogens is 779 g/mol. The van der Waals surface area contributed by atoms with Crippen molar-refractivity contribution in [2.24, 2.45) is 0 Å². The van der Waals surface area contributed by atoms with Gasteiger partial charge in [0.25, 0.3) is 0 Å². The van der Waals surface area contributed by atoms with E-state index in [9.17, 15) is 44.6 Å². The van der Waals surface area contributed by atoms with Crippen LogP contribution in [0.4, 0.5) is 0 Å². The standard InChI is InChI=1S/C45H79O13P/c1-3-5-7-9-11-13-15-17-19-21-23-25-27-29-31-33-38(46)55-35-37(36-56-59(53,54)58-45-43(51)41(49)40(48)42(50)44(45)52)57-39(47)34-32-30-28-26-24-22-20-18-16-14-12-10-8-6-4-2/h5,7,9,11,13,15,17,19,37,40-45,48-52H,3-4,6,8,10,12,14,16,18,20-36H2,1-2H3,(H,53,54)/b7-5+,11-9+,15-13+,19-17+/t37-,40?,41-,42?,43?,44?,45?/m1/s1. The summed E-state index contributed by atoms with van der Waals surface area (Å²) in [6.07, 6.45) is 27.4. The van der Waals surface area contributed by atoms with Crippen LogP contribution in [0.15, 0.2) is 48.6 Å². The third kappa shape index (κ3) is 28.1. The van der Waals surface area contributed by atoms with Gasteiger partial charge in [0, 0.05) is 12.8 Å². The van der Waals surface area contributed by atoms with Gasteiger partial charge in [0.2, 0.25) is 0 Å². The maximum Gasteiger partial charge on any atom is 0.472 e. The summed E-state index contributed by atoms with van der Waals surface area (Å²) < 4.78 is 33.5. The molecule has 6 unspecified atom stereocenters. The number of aliphatic hydroxyl groups excluding tert-OH is 5. The molecule has 13 nitrogen and oxygen atoms in total. The van der Waals surface area contributed by atoms with Crippen LogP contribution in [0.5, 0.6) is 0 Å². The fraction of sp³-hybridized carbons (Fsp3) is 0.778. The van der Waals surface area contributed by atoms with Crippen LogP contribution in [0.2, 0.25) is 0 Å². The lowest BCUT2D eigenvalue weighted by molar-refractivity contribution is -0.220. The minimum Gasteiger partial charge on any atom is -0.462 e. The van der Waals surface area contributed by atoms with Gasteiger partial charge in [-0.1, -0.05) is 172 Å². The molecule has 0 aromatic carbocycles. The van der Waals surface area contributed by atoms with Crippen molar-refractivity contribution in [3.05, 3.63) is 48.6 Å². The highest BCUT2D eigenvalue weighted by atomic mass is 31.2. The van der Waals surface area contributed by atoms with Crippen molar-refractivity contribution < 1.29 is 63.1 Å². The van der Waals surface area contributed by atoms with Gasteiger partial charge in [-0.3, -0.25) is 18.6 Å². The van der Waals surface area contributed by atoms with Crippen molar-refractivity contribution in [3.63, 3.8) is 0 Å². The lowest BCUT2D eigenvalue weighted by atomic mass is 9.85. The maximum atomic E-state index is 12.8. The molecule has 1 aliphatic carbocycles. The van der Waals surface area contributed by atoms with Crippen molar-refractivity contribution in [3.8, 4) is 0 Å². The number of esters is 2. The van der Waals surface area contributed by atoms with E-state index >= 15 is 0 Å². The summed E-state index contributed by atoms with van der Waals surface area (Å²) in [4.78, 5) is 35.7. The molecule has 342 valence electrons. The van der Waals surface area contributed by atoms with Gasteiger partial charge >= 0.3 is 19.8 Å². The Hall–Kier alpha value is -2.19. The Balaban J connectivity index is 2.49. The van der Waals surface area contributed by atoms with Crippen LogP contribution in [-0.4, -0.2) is 98.3 Å². The first-order valence-electron chi connectivity index (χ1n) is 22.5. The first kappa shape index (κ1) is 54.8. The summed E-state index contributed by atoms with van der Waals surface area (Å²) in [7, 11) is -5.12. The van der Waals surface area contributed by atoms with Gasteiger partial charge in [0.15, 0.2) is 6.10 Å².